The number of unbranched alkanes of at least 4 members (excludes halogenated alkanes) is 8. The lowest BCUT2D eigenvalue weighted by atomic mass is 10.1. The highest BCUT2D eigenvalue weighted by Crippen LogP contribution is 2.32. The number of carbonyl (C=O) groups excluding carboxylic acids is 1. The van der Waals surface area contributed by atoms with Gasteiger partial charge >= 0.3 is 0 Å². The van der Waals surface area contributed by atoms with E-state index >= 15 is 0 Å². The van der Waals surface area contributed by atoms with Gasteiger partial charge in [0.1, 0.15) is 24.1 Å². The third-order valence-electron chi connectivity index (χ3n) is 5.74. The molecule has 1 aliphatic heterocycles. The molecule has 1 fully saturated rings. The lowest BCUT2D eigenvalue weighted by Crippen LogP contribution is -2.43. The molecular weight excluding hydrogens is 400 g/mol. The second kappa shape index (κ2) is 11.4. The minimum Gasteiger partial charge on any atom is -0.387 e. The summed E-state index contributed by atoms with van der Waals surface area (Å²) in [6.07, 6.45) is 8.62. The lowest BCUT2D eigenvalue weighted by Gasteiger charge is -2.16. The average molecular weight is 435 g/mol. The van der Waals surface area contributed by atoms with Crippen molar-refractivity contribution in [3.05, 3.63) is 12.7 Å². The Balaban J connectivity index is 1.43. The predicted octanol–water partition coefficient (Wildman–Crippen LogP) is 1.67. The molecule has 0 saturated carbocycles. The van der Waals surface area contributed by atoms with Crippen LogP contribution >= 0.6 is 0 Å². The normalized spacial score (nSPS) is 23.5. The maximum Gasteiger partial charge on any atom is 0.252 e. The number of hydrogen-bond donors (Lipinski definition) is 4. The van der Waals surface area contributed by atoms with Gasteiger partial charge in [-0.05, 0) is 6.42 Å². The maximum absolute atomic E-state index is 12.5. The van der Waals surface area contributed by atoms with Gasteiger partial charge in [-0.15, -0.1) is 0 Å². The van der Waals surface area contributed by atoms with E-state index in [1.807, 2.05) is 0 Å². The Labute approximate surface area is 182 Å². The van der Waals surface area contributed by atoms with Crippen molar-refractivity contribution >= 4 is 22.9 Å². The number of fused-ring (bicyclic) bond motifs is 1. The van der Waals surface area contributed by atoms with Gasteiger partial charge in [0.25, 0.3) is 5.91 Å². The average Bonchev–Trinajstić information content (AvgIpc) is 3.31. The molecule has 5 N–H and O–H groups in total. The van der Waals surface area contributed by atoms with E-state index in [0.29, 0.717) is 17.7 Å². The first kappa shape index (κ1) is 23.4. The number of amides is 1. The second-order valence-corrected chi connectivity index (χ2v) is 8.13. The van der Waals surface area contributed by atoms with Gasteiger partial charge in [-0.2, -0.15) is 0 Å². The van der Waals surface area contributed by atoms with Crippen molar-refractivity contribution in [3.8, 4) is 0 Å². The number of aliphatic hydroxyl groups excluding tert-OH is 2. The summed E-state index contributed by atoms with van der Waals surface area (Å²) < 4.78 is 7.15. The topological polar surface area (TPSA) is 148 Å². The Morgan fingerprint density at radius 2 is 1.74 bits per heavy atom. The van der Waals surface area contributed by atoms with Gasteiger partial charge in [0.15, 0.2) is 23.8 Å². The largest absolute Gasteiger partial charge is 0.387 e. The molecule has 0 radical (unpaired) electrons. The molecule has 1 aliphatic rings. The first-order valence-corrected chi connectivity index (χ1v) is 11.3. The molecule has 1 amide bonds. The van der Waals surface area contributed by atoms with Gasteiger partial charge in [-0.1, -0.05) is 58.3 Å². The molecule has 3 rings (SSSR count). The Hall–Kier alpha value is -2.30. The van der Waals surface area contributed by atoms with E-state index in [9.17, 15) is 15.0 Å². The quantitative estimate of drug-likeness (QED) is 0.369. The lowest BCUT2D eigenvalue weighted by molar-refractivity contribution is -0.137. The summed E-state index contributed by atoms with van der Waals surface area (Å²) >= 11 is 0. The molecule has 3 heterocycles. The molecule has 10 heteroatoms. The molecule has 2 aromatic rings. The first-order chi connectivity index (χ1) is 15.0. The van der Waals surface area contributed by atoms with Crippen molar-refractivity contribution in [2.75, 3.05) is 12.3 Å². The fourth-order valence-corrected chi connectivity index (χ4v) is 3.91. The predicted molar refractivity (Wildman–Crippen MR) is 116 cm³/mol. The number of rotatable bonds is 12. The second-order valence-electron chi connectivity index (χ2n) is 8.13. The summed E-state index contributed by atoms with van der Waals surface area (Å²) in [4.78, 5) is 24.6. The summed E-state index contributed by atoms with van der Waals surface area (Å²) in [5, 5.41) is 23.6. The van der Waals surface area contributed by atoms with Crippen LogP contribution in [0.25, 0.3) is 11.2 Å². The van der Waals surface area contributed by atoms with E-state index in [0.717, 1.165) is 19.3 Å². The minimum atomic E-state index is -1.36. The van der Waals surface area contributed by atoms with Gasteiger partial charge in [0.05, 0.1) is 6.33 Å². The molecule has 0 aliphatic carbocycles. The molecule has 4 atom stereocenters. The highest BCUT2D eigenvalue weighted by atomic mass is 16.6. The third kappa shape index (κ3) is 5.69. The summed E-state index contributed by atoms with van der Waals surface area (Å²) in [5.41, 5.74) is 6.51. The van der Waals surface area contributed by atoms with Crippen molar-refractivity contribution in [2.45, 2.75) is 89.3 Å². The van der Waals surface area contributed by atoms with Crippen LogP contribution in [0.4, 0.5) is 5.82 Å². The Morgan fingerprint density at radius 3 is 2.45 bits per heavy atom. The van der Waals surface area contributed by atoms with Crippen molar-refractivity contribution in [3.63, 3.8) is 0 Å². The minimum absolute atomic E-state index is 0.201. The van der Waals surface area contributed by atoms with E-state index in [1.165, 1.54) is 55.7 Å². The molecule has 1 unspecified atom stereocenters. The van der Waals surface area contributed by atoms with Crippen LogP contribution in [0.1, 0.15) is 70.9 Å². The van der Waals surface area contributed by atoms with Crippen molar-refractivity contribution in [2.24, 2.45) is 0 Å². The summed E-state index contributed by atoms with van der Waals surface area (Å²) in [6.45, 7) is 2.73. The van der Waals surface area contributed by atoms with E-state index < -0.39 is 30.4 Å². The SMILES string of the molecule is CCCCCCCCCCCNC(=O)[C@H]1OC(n2cnc3c(N)ncnc32)[C@H](O)[C@@H]1O. The highest BCUT2D eigenvalue weighted by Gasteiger charge is 2.47. The van der Waals surface area contributed by atoms with Crippen LogP contribution in [0.5, 0.6) is 0 Å². The number of aliphatic hydroxyl groups is 2. The smallest absolute Gasteiger partial charge is 0.252 e. The number of aromatic nitrogens is 4. The molecule has 0 spiro atoms. The number of carbonyl (C=O) groups is 1. The van der Waals surface area contributed by atoms with E-state index in [1.54, 1.807) is 0 Å². The van der Waals surface area contributed by atoms with Crippen LogP contribution in [0.15, 0.2) is 12.7 Å². The molecule has 10 nitrogen and oxygen atoms in total. The fraction of sp³-hybridized carbons (Fsp3) is 0.714. The van der Waals surface area contributed by atoms with Crippen molar-refractivity contribution in [1.29, 1.82) is 0 Å². The summed E-state index contributed by atoms with van der Waals surface area (Å²) in [7, 11) is 0. The zero-order valence-corrected chi connectivity index (χ0v) is 18.1. The summed E-state index contributed by atoms with van der Waals surface area (Å²) in [6, 6.07) is 0. The van der Waals surface area contributed by atoms with E-state index in [-0.39, 0.29) is 5.82 Å². The Kier molecular flexibility index (Phi) is 8.56. The van der Waals surface area contributed by atoms with Crippen LogP contribution in [0.2, 0.25) is 0 Å². The van der Waals surface area contributed by atoms with Crippen LogP contribution in [-0.4, -0.2) is 60.5 Å². The zero-order chi connectivity index (χ0) is 22.2. The number of ether oxygens (including phenoxy) is 1. The van der Waals surface area contributed by atoms with Gasteiger partial charge in [0.2, 0.25) is 0 Å². The number of nitrogens with two attached hydrogens (primary N) is 1. The molecule has 172 valence electrons. The molecule has 2 aromatic heterocycles. The molecular formula is C21H34N6O4. The Bertz CT molecular complexity index is 844. The van der Waals surface area contributed by atoms with Crippen molar-refractivity contribution in [1.82, 2.24) is 24.8 Å². The molecule has 0 bridgehead atoms. The Morgan fingerprint density at radius 1 is 1.06 bits per heavy atom. The fourth-order valence-electron chi connectivity index (χ4n) is 3.91. The van der Waals surface area contributed by atoms with Crippen LogP contribution < -0.4 is 11.1 Å². The summed E-state index contributed by atoms with van der Waals surface area (Å²) in [5.74, 6) is -0.237. The zero-order valence-electron chi connectivity index (χ0n) is 18.1. The molecule has 31 heavy (non-hydrogen) atoms. The van der Waals surface area contributed by atoms with Gasteiger partial charge in [-0.25, -0.2) is 15.0 Å². The van der Waals surface area contributed by atoms with Crippen LogP contribution in [0.3, 0.4) is 0 Å². The van der Waals surface area contributed by atoms with Gasteiger partial charge in [0, 0.05) is 6.54 Å². The number of imidazole rings is 1. The standard InChI is InChI=1S/C21H34N6O4/c1-2-3-4-5-6-7-8-9-10-11-23-20(30)17-15(28)16(29)21(31-17)27-13-26-14-18(22)24-12-25-19(14)27/h12-13,15-17,21,28-29H,2-11H2,1H3,(H,23,30)(H2,22,24,25)/t15-,16+,17-,21?/m0/s1. The number of anilines is 1. The highest BCUT2D eigenvalue weighted by molar-refractivity contribution is 5.82. The van der Waals surface area contributed by atoms with Crippen LogP contribution in [0, 0.1) is 0 Å². The molecule has 0 aromatic carbocycles. The number of nitrogen functional groups attached to an aromatic ring is 1. The number of nitrogens with one attached hydrogen (secondary N) is 1. The number of hydrogen-bond acceptors (Lipinski definition) is 8. The maximum atomic E-state index is 12.5. The third-order valence-corrected chi connectivity index (χ3v) is 5.74. The molecule has 1 saturated heterocycles. The van der Waals surface area contributed by atoms with Crippen molar-refractivity contribution < 1.29 is 19.7 Å². The van der Waals surface area contributed by atoms with Gasteiger partial charge in [-0.3, -0.25) is 9.36 Å². The number of nitrogens with zero attached hydrogens (tertiary/aromatic N) is 4. The van der Waals surface area contributed by atoms with E-state index in [2.05, 4.69) is 27.2 Å². The van der Waals surface area contributed by atoms with E-state index in [4.69, 9.17) is 10.5 Å². The first-order valence-electron chi connectivity index (χ1n) is 11.3. The monoisotopic (exact) mass is 434 g/mol. The van der Waals surface area contributed by atoms with Gasteiger partial charge < -0.3 is 26.0 Å². The van der Waals surface area contributed by atoms with Crippen LogP contribution in [-0.2, 0) is 9.53 Å².